The number of hydrogen-bond donors (Lipinski definition) is 3. The van der Waals surface area contributed by atoms with Gasteiger partial charge in [0.05, 0.1) is 6.04 Å². The van der Waals surface area contributed by atoms with E-state index in [0.717, 1.165) is 24.0 Å². The molecule has 1 aromatic carbocycles. The Balaban J connectivity index is 1.76. The van der Waals surface area contributed by atoms with Crippen LogP contribution in [0.4, 0.5) is 4.79 Å². The highest BCUT2D eigenvalue weighted by atomic mass is 16.7. The first-order valence-corrected chi connectivity index (χ1v) is 13.2. The molecule has 0 spiro atoms. The lowest BCUT2D eigenvalue weighted by Crippen LogP contribution is -2.58. The van der Waals surface area contributed by atoms with Gasteiger partial charge in [0.15, 0.2) is 0 Å². The molecule has 2 aliphatic rings. The maximum atomic E-state index is 13.3. The zero-order valence-electron chi connectivity index (χ0n) is 24.0. The van der Waals surface area contributed by atoms with Gasteiger partial charge in [-0.15, -0.1) is 0 Å². The van der Waals surface area contributed by atoms with Crippen molar-refractivity contribution in [2.24, 2.45) is 21.9 Å². The van der Waals surface area contributed by atoms with Gasteiger partial charge in [-0.2, -0.15) is 5.48 Å². The molecule has 212 valence electrons. The van der Waals surface area contributed by atoms with Crippen molar-refractivity contribution in [3.63, 3.8) is 0 Å². The minimum atomic E-state index is -1.64. The van der Waals surface area contributed by atoms with Crippen LogP contribution in [0.5, 0.6) is 5.75 Å². The van der Waals surface area contributed by atoms with Crippen LogP contribution in [0.15, 0.2) is 23.2 Å². The summed E-state index contributed by atoms with van der Waals surface area (Å²) in [6.07, 6.45) is 1.35. The molecule has 1 amide bonds. The summed E-state index contributed by atoms with van der Waals surface area (Å²) < 4.78 is 17.1. The quantitative estimate of drug-likeness (QED) is 0.208. The van der Waals surface area contributed by atoms with Gasteiger partial charge in [-0.05, 0) is 110 Å². The first-order valence-electron chi connectivity index (χ1n) is 13.2. The third-order valence-corrected chi connectivity index (χ3v) is 6.74. The third kappa shape index (κ3) is 7.38. The lowest BCUT2D eigenvalue weighted by Gasteiger charge is -2.42. The van der Waals surface area contributed by atoms with E-state index < -0.39 is 35.0 Å². The molecule has 10 heteroatoms. The summed E-state index contributed by atoms with van der Waals surface area (Å²) in [7, 11) is 0. The molecular weight excluding hydrogens is 488 g/mol. The Bertz CT molecular complexity index is 1070. The minimum Gasteiger partial charge on any atom is -0.486 e. The molecule has 1 saturated carbocycles. The molecule has 1 aliphatic carbocycles. The second-order valence-electron chi connectivity index (χ2n) is 12.9. The monoisotopic (exact) mass is 532 g/mol. The van der Waals surface area contributed by atoms with Crippen molar-refractivity contribution >= 4 is 17.9 Å². The van der Waals surface area contributed by atoms with Crippen molar-refractivity contribution < 1.29 is 28.6 Å². The number of nitrogens with two attached hydrogens (primary N) is 2. The molecule has 38 heavy (non-hydrogen) atoms. The second-order valence-corrected chi connectivity index (χ2v) is 12.9. The van der Waals surface area contributed by atoms with Crippen LogP contribution >= 0.6 is 0 Å². The summed E-state index contributed by atoms with van der Waals surface area (Å²) >= 11 is 0. The Morgan fingerprint density at radius 2 is 1.74 bits per heavy atom. The zero-order chi connectivity index (χ0) is 28.5. The molecule has 1 aliphatic heterocycles. The van der Waals surface area contributed by atoms with Crippen LogP contribution in [0, 0.1) is 5.41 Å². The number of fused-ring (bicyclic) bond motifs is 1. The SMILES string of the molecule is CC1(CN)CC(N=C(N)c2ccc3c(c2)CC[C@H]([C@](C)(ONC(=O)OC(C)(C)C)C(=O)OC(C)(C)C)O3)C1. The normalized spacial score (nSPS) is 25.2. The molecule has 0 unspecified atom stereocenters. The van der Waals surface area contributed by atoms with E-state index in [1.54, 1.807) is 48.5 Å². The van der Waals surface area contributed by atoms with Gasteiger partial charge in [0.1, 0.15) is 28.9 Å². The lowest BCUT2D eigenvalue weighted by molar-refractivity contribution is -0.205. The van der Waals surface area contributed by atoms with E-state index in [1.165, 1.54) is 0 Å². The van der Waals surface area contributed by atoms with E-state index in [-0.39, 0.29) is 11.5 Å². The van der Waals surface area contributed by atoms with E-state index >= 15 is 0 Å². The molecule has 10 nitrogen and oxygen atoms in total. The van der Waals surface area contributed by atoms with Crippen LogP contribution in [-0.2, 0) is 25.5 Å². The summed E-state index contributed by atoms with van der Waals surface area (Å²) in [5, 5.41) is 0. The molecule has 0 aromatic heterocycles. The van der Waals surface area contributed by atoms with Crippen LogP contribution in [0.3, 0.4) is 0 Å². The van der Waals surface area contributed by atoms with Crippen molar-refractivity contribution in [1.29, 1.82) is 0 Å². The number of aliphatic imine (C=N–C) groups is 1. The highest BCUT2D eigenvalue weighted by Crippen LogP contribution is 2.41. The fourth-order valence-electron chi connectivity index (χ4n) is 4.61. The van der Waals surface area contributed by atoms with Crippen molar-refractivity contribution in [3.8, 4) is 5.75 Å². The number of aryl methyl sites for hydroxylation is 1. The third-order valence-electron chi connectivity index (χ3n) is 6.74. The summed E-state index contributed by atoms with van der Waals surface area (Å²) in [5.41, 5.74) is 13.2. The number of rotatable bonds is 7. The van der Waals surface area contributed by atoms with E-state index in [4.69, 9.17) is 30.5 Å². The Morgan fingerprint density at radius 3 is 2.32 bits per heavy atom. The predicted molar refractivity (Wildman–Crippen MR) is 145 cm³/mol. The molecule has 0 saturated heterocycles. The largest absolute Gasteiger partial charge is 0.486 e. The topological polar surface area (TPSA) is 147 Å². The van der Waals surface area contributed by atoms with Crippen LogP contribution in [0.25, 0.3) is 0 Å². The number of carbonyl (C=O) groups is 2. The number of nitrogens with zero attached hydrogens (tertiary/aromatic N) is 1. The number of amides is 1. The number of carbonyl (C=O) groups excluding carboxylic acids is 2. The molecule has 3 rings (SSSR count). The zero-order valence-corrected chi connectivity index (χ0v) is 24.0. The van der Waals surface area contributed by atoms with Gasteiger partial charge in [-0.1, -0.05) is 6.92 Å². The van der Waals surface area contributed by atoms with Crippen LogP contribution in [0.1, 0.15) is 85.8 Å². The van der Waals surface area contributed by atoms with Crippen molar-refractivity contribution in [2.45, 2.75) is 110 Å². The van der Waals surface area contributed by atoms with Gasteiger partial charge in [-0.3, -0.25) is 4.99 Å². The smallest absolute Gasteiger partial charge is 0.431 e. The Morgan fingerprint density at radius 1 is 1.11 bits per heavy atom. The molecule has 1 heterocycles. The van der Waals surface area contributed by atoms with Crippen molar-refractivity contribution in [3.05, 3.63) is 29.3 Å². The first kappa shape index (κ1) is 29.7. The number of nitrogens with one attached hydrogen (secondary N) is 1. The van der Waals surface area contributed by atoms with E-state index in [2.05, 4.69) is 17.4 Å². The number of benzene rings is 1. The van der Waals surface area contributed by atoms with Crippen molar-refractivity contribution in [1.82, 2.24) is 5.48 Å². The number of hydrogen-bond acceptors (Lipinski definition) is 8. The average Bonchev–Trinajstić information content (AvgIpc) is 2.78. The average molecular weight is 533 g/mol. The van der Waals surface area contributed by atoms with E-state index in [0.29, 0.717) is 31.0 Å². The van der Waals surface area contributed by atoms with Crippen LogP contribution in [0.2, 0.25) is 0 Å². The van der Waals surface area contributed by atoms with Crippen LogP contribution in [-0.4, -0.2) is 53.4 Å². The summed E-state index contributed by atoms with van der Waals surface area (Å²) in [6.45, 7) is 14.8. The van der Waals surface area contributed by atoms with Gasteiger partial charge >= 0.3 is 12.1 Å². The summed E-state index contributed by atoms with van der Waals surface area (Å²) in [4.78, 5) is 35.9. The molecule has 1 fully saturated rings. The molecular formula is C28H44N4O6. The van der Waals surface area contributed by atoms with Gasteiger partial charge < -0.3 is 25.7 Å². The molecule has 0 bridgehead atoms. The minimum absolute atomic E-state index is 0.147. The number of ether oxygens (including phenoxy) is 3. The second kappa shape index (κ2) is 10.7. The van der Waals surface area contributed by atoms with Gasteiger partial charge in [0.2, 0.25) is 5.60 Å². The number of hydroxylamine groups is 1. The van der Waals surface area contributed by atoms with E-state index in [9.17, 15) is 9.59 Å². The standard InChI is InChI=1S/C28H44N4O6/c1-25(2,3)36-23(33)28(8,38-32-24(34)37-26(4,5)6)21-12-10-17-13-18(9-11-20(17)35-21)22(30)31-19-14-27(7,15-19)16-29/h9,11,13,19,21H,10,12,14-16,29H2,1-8H3,(H2,30,31)(H,32,34)/t19?,21-,27?,28+/m1/s1. The Hall–Kier alpha value is -2.85. The van der Waals surface area contributed by atoms with E-state index in [1.807, 2.05) is 18.2 Å². The van der Waals surface area contributed by atoms with Gasteiger partial charge in [0, 0.05) is 5.56 Å². The number of esters is 1. The lowest BCUT2D eigenvalue weighted by atomic mass is 9.67. The summed E-state index contributed by atoms with van der Waals surface area (Å²) in [6, 6.07) is 5.83. The Kier molecular flexibility index (Phi) is 8.38. The number of amidine groups is 1. The summed E-state index contributed by atoms with van der Waals surface area (Å²) in [5.74, 6) is 0.433. The maximum Gasteiger partial charge on any atom is 0.431 e. The van der Waals surface area contributed by atoms with Crippen LogP contribution < -0.4 is 21.7 Å². The molecule has 2 atom stereocenters. The fourth-order valence-corrected chi connectivity index (χ4v) is 4.61. The predicted octanol–water partition coefficient (Wildman–Crippen LogP) is 3.77. The Labute approximate surface area is 225 Å². The van der Waals surface area contributed by atoms with Gasteiger partial charge in [-0.25, -0.2) is 14.4 Å². The molecule has 1 aromatic rings. The maximum absolute atomic E-state index is 13.3. The molecule has 5 N–H and O–H groups in total. The molecule has 0 radical (unpaired) electrons. The van der Waals surface area contributed by atoms with Gasteiger partial charge in [0.25, 0.3) is 0 Å². The van der Waals surface area contributed by atoms with Crippen molar-refractivity contribution in [2.75, 3.05) is 6.54 Å². The first-order chi connectivity index (χ1) is 17.4. The highest BCUT2D eigenvalue weighted by molar-refractivity contribution is 5.98. The highest BCUT2D eigenvalue weighted by Gasteiger charge is 2.50. The fraction of sp³-hybridized carbons (Fsp3) is 0.679.